The second-order valence-electron chi connectivity index (χ2n) is 2.28. The van der Waals surface area contributed by atoms with E-state index in [1.54, 1.807) is 6.07 Å². The highest BCUT2D eigenvalue weighted by atomic mass is 19.3. The van der Waals surface area contributed by atoms with E-state index in [-0.39, 0.29) is 11.4 Å². The zero-order valence-corrected chi connectivity index (χ0v) is 6.47. The van der Waals surface area contributed by atoms with Crippen molar-refractivity contribution < 1.29 is 13.2 Å². The van der Waals surface area contributed by atoms with Crippen molar-refractivity contribution in [2.75, 3.05) is 0 Å². The molecule has 1 aromatic heterocycles. The van der Waals surface area contributed by atoms with Crippen LogP contribution in [0.3, 0.4) is 0 Å². The summed E-state index contributed by atoms with van der Waals surface area (Å²) in [6.07, 6.45) is -2.76. The third kappa shape index (κ3) is 1.96. The molecule has 1 heterocycles. The Morgan fingerprint density at radius 1 is 1.46 bits per heavy atom. The Kier molecular flexibility index (Phi) is 2.85. The maximum Gasteiger partial charge on any atom is 0.265 e. The Balaban J connectivity index is 3.17. The van der Waals surface area contributed by atoms with Crippen LogP contribution in [0, 0.1) is 11.3 Å². The number of alkyl halides is 3. The molecule has 2 nitrogen and oxygen atoms in total. The lowest BCUT2D eigenvalue weighted by molar-refractivity contribution is 0.148. The van der Waals surface area contributed by atoms with Gasteiger partial charge in [0.05, 0.1) is 5.69 Å². The van der Waals surface area contributed by atoms with Crippen LogP contribution in [0.25, 0.3) is 0 Å². The first-order chi connectivity index (χ1) is 6.19. The molecule has 0 aliphatic heterocycles. The fourth-order valence-electron chi connectivity index (χ4n) is 0.880. The van der Waals surface area contributed by atoms with Gasteiger partial charge >= 0.3 is 0 Å². The van der Waals surface area contributed by atoms with Gasteiger partial charge in [0.1, 0.15) is 18.4 Å². The molecule has 0 bridgehead atoms. The van der Waals surface area contributed by atoms with E-state index in [4.69, 9.17) is 5.26 Å². The lowest BCUT2D eigenvalue weighted by Gasteiger charge is -2.03. The van der Waals surface area contributed by atoms with Gasteiger partial charge in [-0.2, -0.15) is 5.26 Å². The predicted octanol–water partition coefficient (Wildman–Crippen LogP) is 2.36. The molecular formula is C8H5F3N2. The summed E-state index contributed by atoms with van der Waals surface area (Å²) in [5, 5.41) is 8.36. The second kappa shape index (κ2) is 3.90. The first-order valence-corrected chi connectivity index (χ1v) is 3.43. The van der Waals surface area contributed by atoms with Crippen LogP contribution >= 0.6 is 0 Å². The molecule has 0 radical (unpaired) electrons. The molecule has 0 spiro atoms. The summed E-state index contributed by atoms with van der Waals surface area (Å²) in [5.74, 6) is 0. The zero-order chi connectivity index (χ0) is 9.84. The van der Waals surface area contributed by atoms with E-state index in [1.165, 1.54) is 0 Å². The molecule has 1 aromatic rings. The zero-order valence-electron chi connectivity index (χ0n) is 6.47. The van der Waals surface area contributed by atoms with Crippen LogP contribution < -0.4 is 0 Å². The largest absolute Gasteiger partial charge is 0.265 e. The van der Waals surface area contributed by atoms with Gasteiger partial charge < -0.3 is 0 Å². The van der Waals surface area contributed by atoms with Gasteiger partial charge in [0, 0.05) is 5.56 Å². The highest BCUT2D eigenvalue weighted by molar-refractivity contribution is 5.29. The lowest BCUT2D eigenvalue weighted by atomic mass is 10.2. The van der Waals surface area contributed by atoms with Crippen LogP contribution in [0.5, 0.6) is 0 Å². The van der Waals surface area contributed by atoms with Crippen LogP contribution in [-0.2, 0) is 6.67 Å². The van der Waals surface area contributed by atoms with Gasteiger partial charge in [0.15, 0.2) is 0 Å². The minimum atomic E-state index is -2.76. The SMILES string of the molecule is N#Cc1ccc(C(F)F)c(CF)n1. The molecule has 0 amide bonds. The molecule has 0 aromatic carbocycles. The van der Waals surface area contributed by atoms with E-state index in [9.17, 15) is 13.2 Å². The molecule has 0 unspecified atom stereocenters. The van der Waals surface area contributed by atoms with E-state index >= 15 is 0 Å². The average molecular weight is 186 g/mol. The summed E-state index contributed by atoms with van der Waals surface area (Å²) >= 11 is 0. The topological polar surface area (TPSA) is 36.7 Å². The summed E-state index contributed by atoms with van der Waals surface area (Å²) in [7, 11) is 0. The number of halogens is 3. The first-order valence-electron chi connectivity index (χ1n) is 3.43. The Labute approximate surface area is 72.6 Å². The van der Waals surface area contributed by atoms with E-state index in [0.717, 1.165) is 12.1 Å². The summed E-state index contributed by atoms with van der Waals surface area (Å²) in [6, 6.07) is 3.80. The highest BCUT2D eigenvalue weighted by Gasteiger charge is 2.14. The van der Waals surface area contributed by atoms with Crippen molar-refractivity contribution in [1.82, 2.24) is 4.98 Å². The number of nitrogens with zero attached hydrogens (tertiary/aromatic N) is 2. The lowest BCUT2D eigenvalue weighted by Crippen LogP contribution is -1.98. The molecule has 0 aliphatic rings. The molecule has 0 N–H and O–H groups in total. The first kappa shape index (κ1) is 9.52. The molecule has 0 atom stereocenters. The smallest absolute Gasteiger partial charge is 0.244 e. The monoisotopic (exact) mass is 186 g/mol. The summed E-state index contributed by atoms with van der Waals surface area (Å²) in [6.45, 7) is -1.09. The fraction of sp³-hybridized carbons (Fsp3) is 0.250. The van der Waals surface area contributed by atoms with Crippen molar-refractivity contribution in [1.29, 1.82) is 5.26 Å². The maximum atomic E-state index is 12.2. The van der Waals surface area contributed by atoms with Crippen molar-refractivity contribution in [3.05, 3.63) is 29.1 Å². The third-order valence-corrected chi connectivity index (χ3v) is 1.49. The molecular weight excluding hydrogens is 181 g/mol. The van der Waals surface area contributed by atoms with Gasteiger partial charge in [-0.25, -0.2) is 18.2 Å². The van der Waals surface area contributed by atoms with Crippen molar-refractivity contribution in [2.45, 2.75) is 13.1 Å². The summed E-state index contributed by atoms with van der Waals surface area (Å²) < 4.78 is 36.5. The molecule has 0 saturated carbocycles. The minimum absolute atomic E-state index is 0.0583. The van der Waals surface area contributed by atoms with Gasteiger partial charge in [-0.3, -0.25) is 0 Å². The number of aromatic nitrogens is 1. The minimum Gasteiger partial charge on any atom is -0.244 e. The molecule has 68 valence electrons. The third-order valence-electron chi connectivity index (χ3n) is 1.49. The molecule has 0 saturated heterocycles. The molecule has 0 aliphatic carbocycles. The average Bonchev–Trinajstić information content (AvgIpc) is 2.16. The van der Waals surface area contributed by atoms with Gasteiger partial charge in [-0.05, 0) is 12.1 Å². The second-order valence-corrected chi connectivity index (χ2v) is 2.28. The number of nitriles is 1. The van der Waals surface area contributed by atoms with Crippen LogP contribution in [-0.4, -0.2) is 4.98 Å². The fourth-order valence-corrected chi connectivity index (χ4v) is 0.880. The highest BCUT2D eigenvalue weighted by Crippen LogP contribution is 2.22. The Morgan fingerprint density at radius 3 is 2.62 bits per heavy atom. The van der Waals surface area contributed by atoms with E-state index < -0.39 is 18.7 Å². The number of rotatable bonds is 2. The Bertz CT molecular complexity index is 344. The number of hydrogen-bond acceptors (Lipinski definition) is 2. The van der Waals surface area contributed by atoms with Crippen molar-refractivity contribution in [3.8, 4) is 6.07 Å². The van der Waals surface area contributed by atoms with Crippen LogP contribution in [0.4, 0.5) is 13.2 Å². The van der Waals surface area contributed by atoms with E-state index in [2.05, 4.69) is 4.98 Å². The Hall–Kier alpha value is -1.57. The van der Waals surface area contributed by atoms with Gasteiger partial charge in [0.2, 0.25) is 0 Å². The van der Waals surface area contributed by atoms with E-state index in [1.807, 2.05) is 0 Å². The Morgan fingerprint density at radius 2 is 2.15 bits per heavy atom. The molecule has 0 fully saturated rings. The summed E-state index contributed by atoms with van der Waals surface area (Å²) in [4.78, 5) is 3.41. The predicted molar refractivity (Wildman–Crippen MR) is 38.7 cm³/mol. The van der Waals surface area contributed by atoms with Crippen LogP contribution in [0.2, 0.25) is 0 Å². The quantitative estimate of drug-likeness (QED) is 0.710. The summed E-state index contributed by atoms with van der Waals surface area (Å²) in [5.41, 5.74) is -0.882. The molecule has 5 heteroatoms. The van der Waals surface area contributed by atoms with Crippen LogP contribution in [0.15, 0.2) is 12.1 Å². The normalized spacial score (nSPS) is 10.1. The van der Waals surface area contributed by atoms with Gasteiger partial charge in [-0.1, -0.05) is 0 Å². The van der Waals surface area contributed by atoms with E-state index in [0.29, 0.717) is 0 Å². The molecule has 1 rings (SSSR count). The van der Waals surface area contributed by atoms with Crippen LogP contribution in [0.1, 0.15) is 23.4 Å². The standard InChI is InChI=1S/C8H5F3N2/c9-3-7-6(8(10)11)2-1-5(4-12)13-7/h1-2,8H,3H2. The van der Waals surface area contributed by atoms with Crippen molar-refractivity contribution in [3.63, 3.8) is 0 Å². The van der Waals surface area contributed by atoms with Gasteiger partial charge in [0.25, 0.3) is 6.43 Å². The van der Waals surface area contributed by atoms with Crippen molar-refractivity contribution in [2.24, 2.45) is 0 Å². The molecule has 13 heavy (non-hydrogen) atoms. The van der Waals surface area contributed by atoms with Crippen molar-refractivity contribution >= 4 is 0 Å². The number of pyridine rings is 1. The maximum absolute atomic E-state index is 12.2. The van der Waals surface area contributed by atoms with Gasteiger partial charge in [-0.15, -0.1) is 0 Å². The number of hydrogen-bond donors (Lipinski definition) is 0.